The second-order valence-electron chi connectivity index (χ2n) is 5.12. The zero-order valence-electron chi connectivity index (χ0n) is 11.8. The van der Waals surface area contributed by atoms with Crippen molar-refractivity contribution in [3.63, 3.8) is 0 Å². The molecule has 0 aliphatic rings. The van der Waals surface area contributed by atoms with E-state index in [0.717, 1.165) is 6.42 Å². The molecular formula is C15H24O3. The Morgan fingerprint density at radius 1 is 1.50 bits per heavy atom. The number of hydrogen-bond donors (Lipinski definition) is 1. The lowest BCUT2D eigenvalue weighted by atomic mass is 9.81. The van der Waals surface area contributed by atoms with Gasteiger partial charge in [-0.25, -0.2) is 0 Å². The van der Waals surface area contributed by atoms with Gasteiger partial charge in [-0.2, -0.15) is 0 Å². The van der Waals surface area contributed by atoms with Crippen molar-refractivity contribution in [3.05, 3.63) is 12.2 Å². The number of allylic oxidation sites excluding steroid dienone is 1. The highest BCUT2D eigenvalue weighted by Gasteiger charge is 2.24. The summed E-state index contributed by atoms with van der Waals surface area (Å²) >= 11 is 0. The van der Waals surface area contributed by atoms with Crippen molar-refractivity contribution in [1.29, 1.82) is 0 Å². The van der Waals surface area contributed by atoms with Gasteiger partial charge in [0.05, 0.1) is 19.6 Å². The SMILES string of the molecule is CCOC(=O)CC(C)(C)C[C@H](C)C#C/C=C/CO. The summed E-state index contributed by atoms with van der Waals surface area (Å²) in [4.78, 5) is 11.4. The maximum Gasteiger partial charge on any atom is 0.306 e. The van der Waals surface area contributed by atoms with Gasteiger partial charge in [-0.1, -0.05) is 38.7 Å². The van der Waals surface area contributed by atoms with E-state index in [9.17, 15) is 4.79 Å². The molecule has 0 aliphatic carbocycles. The van der Waals surface area contributed by atoms with Gasteiger partial charge in [0, 0.05) is 5.92 Å². The van der Waals surface area contributed by atoms with Crippen LogP contribution in [0.5, 0.6) is 0 Å². The van der Waals surface area contributed by atoms with Gasteiger partial charge in [0.2, 0.25) is 0 Å². The fraction of sp³-hybridized carbons (Fsp3) is 0.667. The summed E-state index contributed by atoms with van der Waals surface area (Å²) in [6.07, 6.45) is 4.50. The van der Waals surface area contributed by atoms with Crippen LogP contribution >= 0.6 is 0 Å². The maximum atomic E-state index is 11.4. The Kier molecular flexibility index (Phi) is 8.15. The number of esters is 1. The van der Waals surface area contributed by atoms with Gasteiger partial charge in [-0.15, -0.1) is 0 Å². The number of carbonyl (C=O) groups excluding carboxylic acids is 1. The van der Waals surface area contributed by atoms with Gasteiger partial charge >= 0.3 is 5.97 Å². The highest BCUT2D eigenvalue weighted by atomic mass is 16.5. The lowest BCUT2D eigenvalue weighted by Gasteiger charge is -2.24. The first-order valence-electron chi connectivity index (χ1n) is 6.34. The third-order valence-electron chi connectivity index (χ3n) is 2.42. The van der Waals surface area contributed by atoms with E-state index in [4.69, 9.17) is 9.84 Å². The molecule has 18 heavy (non-hydrogen) atoms. The molecule has 0 aliphatic heterocycles. The number of aliphatic hydroxyl groups excluding tert-OH is 1. The van der Waals surface area contributed by atoms with Crippen molar-refractivity contribution in [1.82, 2.24) is 0 Å². The molecule has 0 saturated carbocycles. The van der Waals surface area contributed by atoms with Gasteiger partial charge in [0.25, 0.3) is 0 Å². The molecule has 0 heterocycles. The van der Waals surface area contributed by atoms with E-state index < -0.39 is 0 Å². The number of aliphatic hydroxyl groups is 1. The van der Waals surface area contributed by atoms with Crippen LogP contribution in [0.1, 0.15) is 40.5 Å². The van der Waals surface area contributed by atoms with E-state index >= 15 is 0 Å². The van der Waals surface area contributed by atoms with Crippen molar-refractivity contribution < 1.29 is 14.6 Å². The zero-order valence-corrected chi connectivity index (χ0v) is 11.8. The average Bonchev–Trinajstić information content (AvgIpc) is 2.23. The molecule has 0 aromatic rings. The van der Waals surface area contributed by atoms with Crippen molar-refractivity contribution in [2.75, 3.05) is 13.2 Å². The molecule has 0 amide bonds. The van der Waals surface area contributed by atoms with Crippen LogP contribution in [0.15, 0.2) is 12.2 Å². The second kappa shape index (κ2) is 8.77. The Morgan fingerprint density at radius 2 is 2.17 bits per heavy atom. The van der Waals surface area contributed by atoms with E-state index in [0.29, 0.717) is 13.0 Å². The molecule has 1 N–H and O–H groups in total. The number of rotatable bonds is 6. The lowest BCUT2D eigenvalue weighted by Crippen LogP contribution is -2.21. The lowest BCUT2D eigenvalue weighted by molar-refractivity contribution is -0.145. The van der Waals surface area contributed by atoms with Crippen LogP contribution in [-0.4, -0.2) is 24.3 Å². The van der Waals surface area contributed by atoms with Gasteiger partial charge in [0.15, 0.2) is 0 Å². The molecule has 3 nitrogen and oxygen atoms in total. The average molecular weight is 252 g/mol. The Hall–Kier alpha value is -1.27. The molecule has 0 unspecified atom stereocenters. The molecule has 3 heteroatoms. The zero-order chi connectivity index (χ0) is 14.0. The molecule has 0 aromatic heterocycles. The molecular weight excluding hydrogens is 228 g/mol. The summed E-state index contributed by atoms with van der Waals surface area (Å²) in [5, 5.41) is 8.56. The number of ether oxygens (including phenoxy) is 1. The van der Waals surface area contributed by atoms with Crippen molar-refractivity contribution in [2.45, 2.75) is 40.5 Å². The van der Waals surface area contributed by atoms with Crippen molar-refractivity contribution in [2.24, 2.45) is 11.3 Å². The Morgan fingerprint density at radius 3 is 2.72 bits per heavy atom. The summed E-state index contributed by atoms with van der Waals surface area (Å²) in [6, 6.07) is 0. The fourth-order valence-electron chi connectivity index (χ4n) is 1.86. The van der Waals surface area contributed by atoms with Crippen LogP contribution in [-0.2, 0) is 9.53 Å². The first kappa shape index (κ1) is 16.7. The Balaban J connectivity index is 4.24. The predicted molar refractivity (Wildman–Crippen MR) is 72.8 cm³/mol. The highest BCUT2D eigenvalue weighted by molar-refractivity contribution is 5.70. The van der Waals surface area contributed by atoms with E-state index in [2.05, 4.69) is 11.8 Å². The van der Waals surface area contributed by atoms with Gasteiger partial charge in [-0.05, 0) is 24.8 Å². The summed E-state index contributed by atoms with van der Waals surface area (Å²) < 4.78 is 4.96. The first-order valence-corrected chi connectivity index (χ1v) is 6.34. The number of carbonyl (C=O) groups is 1. The van der Waals surface area contributed by atoms with Crippen LogP contribution in [0.25, 0.3) is 0 Å². The second-order valence-corrected chi connectivity index (χ2v) is 5.12. The molecule has 102 valence electrons. The van der Waals surface area contributed by atoms with E-state index in [1.54, 1.807) is 12.2 Å². The summed E-state index contributed by atoms with van der Waals surface area (Å²) in [6.45, 7) is 8.38. The third-order valence-corrected chi connectivity index (χ3v) is 2.42. The largest absolute Gasteiger partial charge is 0.466 e. The maximum absolute atomic E-state index is 11.4. The minimum atomic E-state index is -0.150. The van der Waals surface area contributed by atoms with Crippen molar-refractivity contribution in [3.8, 4) is 11.8 Å². The van der Waals surface area contributed by atoms with Crippen LogP contribution in [0.3, 0.4) is 0 Å². The van der Waals surface area contributed by atoms with Crippen LogP contribution in [0, 0.1) is 23.2 Å². The summed E-state index contributed by atoms with van der Waals surface area (Å²) in [7, 11) is 0. The summed E-state index contributed by atoms with van der Waals surface area (Å²) in [5.41, 5.74) is -0.110. The highest BCUT2D eigenvalue weighted by Crippen LogP contribution is 2.29. The predicted octanol–water partition coefficient (Wildman–Crippen LogP) is 2.54. The van der Waals surface area contributed by atoms with Gasteiger partial charge < -0.3 is 9.84 Å². The van der Waals surface area contributed by atoms with Gasteiger partial charge in [0.1, 0.15) is 0 Å². The molecule has 0 saturated heterocycles. The monoisotopic (exact) mass is 252 g/mol. The van der Waals surface area contributed by atoms with E-state index in [1.165, 1.54) is 0 Å². The molecule has 0 aromatic carbocycles. The van der Waals surface area contributed by atoms with Crippen LogP contribution in [0.4, 0.5) is 0 Å². The topological polar surface area (TPSA) is 46.5 Å². The normalized spacial score (nSPS) is 12.9. The van der Waals surface area contributed by atoms with Crippen molar-refractivity contribution >= 4 is 5.97 Å². The van der Waals surface area contributed by atoms with Crippen LogP contribution < -0.4 is 0 Å². The molecule has 1 atom stereocenters. The van der Waals surface area contributed by atoms with E-state index in [-0.39, 0.29) is 23.9 Å². The molecule has 0 fully saturated rings. The molecule has 0 bridgehead atoms. The Labute approximate surface area is 110 Å². The molecule has 0 rings (SSSR count). The van der Waals surface area contributed by atoms with Crippen LogP contribution in [0.2, 0.25) is 0 Å². The minimum Gasteiger partial charge on any atom is -0.466 e. The smallest absolute Gasteiger partial charge is 0.306 e. The standard InChI is InChI=1S/C15H24O3/c1-5-18-14(17)12-15(3,4)11-13(2)9-7-6-8-10-16/h6,8,13,16H,5,10-12H2,1-4H3/b8-6+/t13-/m1/s1. The third kappa shape index (κ3) is 8.83. The fourth-order valence-corrected chi connectivity index (χ4v) is 1.86. The Bertz CT molecular complexity index is 331. The molecule has 0 radical (unpaired) electrons. The quantitative estimate of drug-likeness (QED) is 0.583. The number of hydrogen-bond acceptors (Lipinski definition) is 3. The molecule has 0 spiro atoms. The summed E-state index contributed by atoms with van der Waals surface area (Å²) in [5.74, 6) is 6.02. The first-order chi connectivity index (χ1) is 8.41. The van der Waals surface area contributed by atoms with E-state index in [1.807, 2.05) is 27.7 Å². The van der Waals surface area contributed by atoms with Gasteiger partial charge in [-0.3, -0.25) is 4.79 Å². The minimum absolute atomic E-state index is 0.0113.